The Balaban J connectivity index is 2.02. The molecule has 1 aromatic carbocycles. The summed E-state index contributed by atoms with van der Waals surface area (Å²) in [7, 11) is 0. The molecule has 3 aromatic rings. The minimum Gasteiger partial charge on any atom is -0.297 e. The Morgan fingerprint density at radius 3 is 2.80 bits per heavy atom. The predicted molar refractivity (Wildman–Crippen MR) is 79.3 cm³/mol. The van der Waals surface area contributed by atoms with Crippen molar-refractivity contribution < 1.29 is 0 Å². The van der Waals surface area contributed by atoms with Crippen LogP contribution in [-0.2, 0) is 0 Å². The Hall–Kier alpha value is -2.54. The second-order valence-corrected chi connectivity index (χ2v) is 4.58. The van der Waals surface area contributed by atoms with Crippen LogP contribution < -0.4 is 0 Å². The molecule has 2 heterocycles. The van der Waals surface area contributed by atoms with Gasteiger partial charge in [0.2, 0.25) is 5.95 Å². The molecule has 2 N–H and O–H groups in total. The summed E-state index contributed by atoms with van der Waals surface area (Å²) in [6.45, 7) is 1.96. The number of hydrogen-bond donors (Lipinski definition) is 2. The molecule has 0 aliphatic heterocycles. The molecular weight excluding hydrogens is 272 g/mol. The van der Waals surface area contributed by atoms with Crippen molar-refractivity contribution in [2.75, 3.05) is 0 Å². The summed E-state index contributed by atoms with van der Waals surface area (Å²) >= 11 is 5.48. The molecule has 7 heteroatoms. The van der Waals surface area contributed by atoms with Crippen LogP contribution >= 0.6 is 12.2 Å². The van der Waals surface area contributed by atoms with E-state index in [1.54, 1.807) is 6.21 Å². The molecule has 0 bridgehead atoms. The molecule has 0 atom stereocenters. The Labute approximate surface area is 120 Å². The van der Waals surface area contributed by atoms with Gasteiger partial charge in [0.15, 0.2) is 0 Å². The average molecular weight is 284 g/mol. The van der Waals surface area contributed by atoms with E-state index in [4.69, 9.17) is 12.2 Å². The van der Waals surface area contributed by atoms with Crippen LogP contribution in [0.4, 0.5) is 5.95 Å². The van der Waals surface area contributed by atoms with Crippen LogP contribution in [-0.4, -0.2) is 31.2 Å². The van der Waals surface area contributed by atoms with E-state index in [9.17, 15) is 0 Å². The fourth-order valence-electron chi connectivity index (χ4n) is 1.86. The van der Waals surface area contributed by atoms with Crippen LogP contribution in [0.3, 0.4) is 0 Å². The lowest BCUT2D eigenvalue weighted by Crippen LogP contribution is -1.95. The highest BCUT2D eigenvalue weighted by atomic mass is 32.1. The maximum atomic E-state index is 5.48. The first-order chi connectivity index (χ1) is 9.75. The van der Waals surface area contributed by atoms with Crippen LogP contribution in [0.1, 0.15) is 11.3 Å². The third-order valence-electron chi connectivity index (χ3n) is 2.85. The molecule has 0 radical (unpaired) electrons. The monoisotopic (exact) mass is 284 g/mol. The van der Waals surface area contributed by atoms with E-state index in [1.165, 1.54) is 6.33 Å². The molecular formula is C13H12N6S. The SMILES string of the molecule is Cc1[nH]n(-c2ccccc2)c(=S)c1/C=N/c1ncn[nH]1. The van der Waals surface area contributed by atoms with Crippen molar-refractivity contribution in [1.82, 2.24) is 25.0 Å². The van der Waals surface area contributed by atoms with Crippen LogP contribution in [0, 0.1) is 11.6 Å². The van der Waals surface area contributed by atoms with Crippen molar-refractivity contribution in [3.8, 4) is 5.69 Å². The molecule has 0 fully saturated rings. The Morgan fingerprint density at radius 2 is 2.10 bits per heavy atom. The summed E-state index contributed by atoms with van der Waals surface area (Å²) in [5.41, 5.74) is 2.79. The standard InChI is InChI=1S/C13H12N6S/c1-9-11(7-14-13-15-8-16-17-13)12(20)19(18-9)10-5-3-2-4-6-10/h2-8,18H,1H3,(H,15,16,17)/b14-7+. The highest BCUT2D eigenvalue weighted by Gasteiger charge is 2.07. The van der Waals surface area contributed by atoms with E-state index in [0.717, 1.165) is 16.9 Å². The number of rotatable bonds is 3. The van der Waals surface area contributed by atoms with Gasteiger partial charge in [0.1, 0.15) is 11.0 Å². The molecule has 0 saturated carbocycles. The summed E-state index contributed by atoms with van der Waals surface area (Å²) in [5.74, 6) is 0.450. The normalized spacial score (nSPS) is 11.2. The molecule has 2 aromatic heterocycles. The minimum absolute atomic E-state index is 0.450. The van der Waals surface area contributed by atoms with E-state index >= 15 is 0 Å². The number of aromatic amines is 2. The van der Waals surface area contributed by atoms with Gasteiger partial charge in [-0.3, -0.25) is 5.10 Å². The minimum atomic E-state index is 0.450. The third kappa shape index (κ3) is 2.30. The fourth-order valence-corrected chi connectivity index (χ4v) is 2.21. The van der Waals surface area contributed by atoms with Crippen LogP contribution in [0.15, 0.2) is 41.7 Å². The number of nitrogens with zero attached hydrogens (tertiary/aromatic N) is 4. The zero-order valence-corrected chi connectivity index (χ0v) is 11.6. The van der Waals surface area contributed by atoms with E-state index in [2.05, 4.69) is 25.3 Å². The first-order valence-corrected chi connectivity index (χ1v) is 6.43. The average Bonchev–Trinajstić information content (AvgIpc) is 3.07. The van der Waals surface area contributed by atoms with Gasteiger partial charge in [-0.25, -0.2) is 14.8 Å². The fraction of sp³-hybridized carbons (Fsp3) is 0.0769. The number of nitrogens with one attached hydrogen (secondary N) is 2. The number of aromatic nitrogens is 5. The largest absolute Gasteiger partial charge is 0.297 e. The molecule has 0 amide bonds. The van der Waals surface area contributed by atoms with Crippen molar-refractivity contribution >= 4 is 24.4 Å². The van der Waals surface area contributed by atoms with Gasteiger partial charge >= 0.3 is 0 Å². The van der Waals surface area contributed by atoms with Crippen molar-refractivity contribution in [2.45, 2.75) is 6.92 Å². The van der Waals surface area contributed by atoms with Gasteiger partial charge in [-0.05, 0) is 19.1 Å². The number of aryl methyl sites for hydroxylation is 1. The predicted octanol–water partition coefficient (Wildman–Crippen LogP) is 2.71. The van der Waals surface area contributed by atoms with Crippen molar-refractivity contribution in [3.63, 3.8) is 0 Å². The second-order valence-electron chi connectivity index (χ2n) is 4.19. The lowest BCUT2D eigenvalue weighted by Gasteiger charge is -2.00. The van der Waals surface area contributed by atoms with Gasteiger partial charge in [-0.1, -0.05) is 30.4 Å². The van der Waals surface area contributed by atoms with Gasteiger partial charge in [-0.15, -0.1) is 0 Å². The summed E-state index contributed by atoms with van der Waals surface area (Å²) in [6, 6.07) is 9.88. The summed E-state index contributed by atoms with van der Waals surface area (Å²) in [5, 5.41) is 9.65. The van der Waals surface area contributed by atoms with Crippen molar-refractivity contribution in [2.24, 2.45) is 4.99 Å². The van der Waals surface area contributed by atoms with E-state index in [0.29, 0.717) is 10.6 Å². The molecule has 0 unspecified atom stereocenters. The van der Waals surface area contributed by atoms with E-state index < -0.39 is 0 Å². The third-order valence-corrected chi connectivity index (χ3v) is 3.25. The molecule has 0 saturated heterocycles. The van der Waals surface area contributed by atoms with Gasteiger partial charge in [0.05, 0.1) is 11.3 Å². The zero-order valence-electron chi connectivity index (χ0n) is 10.7. The number of benzene rings is 1. The molecule has 20 heavy (non-hydrogen) atoms. The number of aliphatic imine (C=N–C) groups is 1. The van der Waals surface area contributed by atoms with Crippen molar-refractivity contribution in [3.05, 3.63) is 52.6 Å². The molecule has 0 aliphatic carbocycles. The molecule has 6 nitrogen and oxygen atoms in total. The highest BCUT2D eigenvalue weighted by Crippen LogP contribution is 2.13. The highest BCUT2D eigenvalue weighted by molar-refractivity contribution is 7.71. The summed E-state index contributed by atoms with van der Waals surface area (Å²) < 4.78 is 2.53. The van der Waals surface area contributed by atoms with Gasteiger partial charge in [-0.2, -0.15) is 10.1 Å². The van der Waals surface area contributed by atoms with Gasteiger partial charge in [0.25, 0.3) is 0 Å². The lowest BCUT2D eigenvalue weighted by atomic mass is 10.3. The quantitative estimate of drug-likeness (QED) is 0.573. The molecule has 100 valence electrons. The number of H-pyrrole nitrogens is 2. The maximum absolute atomic E-state index is 5.48. The summed E-state index contributed by atoms with van der Waals surface area (Å²) in [4.78, 5) is 8.15. The van der Waals surface area contributed by atoms with Crippen LogP contribution in [0.25, 0.3) is 5.69 Å². The topological polar surface area (TPSA) is 74.7 Å². The first kappa shape index (κ1) is 12.5. The number of para-hydroxylation sites is 1. The van der Waals surface area contributed by atoms with Gasteiger partial charge in [0, 0.05) is 11.9 Å². The first-order valence-electron chi connectivity index (χ1n) is 6.02. The summed E-state index contributed by atoms with van der Waals surface area (Å²) in [6.07, 6.45) is 3.10. The Morgan fingerprint density at radius 1 is 1.30 bits per heavy atom. The van der Waals surface area contributed by atoms with E-state index in [-0.39, 0.29) is 0 Å². The van der Waals surface area contributed by atoms with Crippen molar-refractivity contribution in [1.29, 1.82) is 0 Å². The van der Waals surface area contributed by atoms with Gasteiger partial charge < -0.3 is 0 Å². The zero-order chi connectivity index (χ0) is 13.9. The molecule has 0 aliphatic rings. The maximum Gasteiger partial charge on any atom is 0.245 e. The number of hydrogen-bond acceptors (Lipinski definition) is 4. The van der Waals surface area contributed by atoms with E-state index in [1.807, 2.05) is 41.9 Å². The van der Waals surface area contributed by atoms with Crippen LogP contribution in [0.5, 0.6) is 0 Å². The Bertz CT molecular complexity index is 782. The Kier molecular flexibility index (Phi) is 3.26. The molecule has 0 spiro atoms. The second kappa shape index (κ2) is 5.22. The smallest absolute Gasteiger partial charge is 0.245 e. The molecule has 3 rings (SSSR count). The van der Waals surface area contributed by atoms with Crippen LogP contribution in [0.2, 0.25) is 0 Å². The lowest BCUT2D eigenvalue weighted by molar-refractivity contribution is 0.853.